The summed E-state index contributed by atoms with van der Waals surface area (Å²) in [4.78, 5) is 51.6. The zero-order valence-corrected chi connectivity index (χ0v) is 30.2. The van der Waals surface area contributed by atoms with Crippen LogP contribution in [0.5, 0.6) is 11.6 Å². The van der Waals surface area contributed by atoms with Crippen molar-refractivity contribution in [1.29, 1.82) is 0 Å². The first-order valence-corrected chi connectivity index (χ1v) is 18.7. The minimum Gasteiger partial charge on any atom is -0.488 e. The van der Waals surface area contributed by atoms with Crippen molar-refractivity contribution in [2.75, 3.05) is 6.54 Å². The smallest absolute Gasteiger partial charge is 0.259 e. The topological polar surface area (TPSA) is 166 Å². The highest BCUT2D eigenvalue weighted by Gasteiger charge is 2.61. The van der Waals surface area contributed by atoms with Gasteiger partial charge in [-0.2, -0.15) is 0 Å². The normalized spacial score (nSPS) is 26.2. The summed E-state index contributed by atoms with van der Waals surface area (Å²) >= 11 is 6.60. The number of rotatable bonds is 11. The number of halogens is 1. The van der Waals surface area contributed by atoms with Crippen LogP contribution in [-0.4, -0.2) is 89.1 Å². The maximum absolute atomic E-state index is 14.0. The molecule has 2 N–H and O–H groups in total. The number of hydrogen-bond acceptors (Lipinski definition) is 10. The average molecular weight is 718 g/mol. The molecular formula is C34H44ClN5O8S. The van der Waals surface area contributed by atoms with Gasteiger partial charge in [0, 0.05) is 24.1 Å². The Hall–Kier alpha value is -3.65. The minimum atomic E-state index is -3.83. The zero-order chi connectivity index (χ0) is 35.5. The van der Waals surface area contributed by atoms with Crippen LogP contribution < -0.4 is 19.5 Å². The van der Waals surface area contributed by atoms with Crippen LogP contribution in [0.25, 0.3) is 10.8 Å². The van der Waals surface area contributed by atoms with E-state index in [2.05, 4.69) is 20.0 Å². The van der Waals surface area contributed by atoms with Crippen LogP contribution >= 0.6 is 11.6 Å². The third kappa shape index (κ3) is 7.74. The lowest BCUT2D eigenvalue weighted by Crippen LogP contribution is -2.57. The summed E-state index contributed by atoms with van der Waals surface area (Å²) in [6.45, 7) is 10.7. The minimum absolute atomic E-state index is 0.0326. The Morgan fingerprint density at radius 2 is 1.82 bits per heavy atom. The average Bonchev–Trinajstić information content (AvgIpc) is 3.91. The highest BCUT2D eigenvalue weighted by atomic mass is 35.5. The lowest BCUT2D eigenvalue weighted by Gasteiger charge is -2.28. The first-order valence-electron chi connectivity index (χ1n) is 16.8. The number of nitrogens with zero attached hydrogens (tertiary/aromatic N) is 3. The molecule has 2 aromatic rings. The van der Waals surface area contributed by atoms with E-state index in [0.29, 0.717) is 40.3 Å². The van der Waals surface area contributed by atoms with Crippen LogP contribution in [0.4, 0.5) is 0 Å². The molecule has 0 radical (unpaired) electrons. The third-order valence-corrected chi connectivity index (χ3v) is 11.3. The van der Waals surface area contributed by atoms with Crippen LogP contribution in [0, 0.1) is 5.92 Å². The molecular weight excluding hydrogens is 674 g/mol. The Bertz CT molecular complexity index is 1810. The van der Waals surface area contributed by atoms with Crippen molar-refractivity contribution in [1.82, 2.24) is 19.9 Å². The zero-order valence-electron chi connectivity index (χ0n) is 28.6. The predicted molar refractivity (Wildman–Crippen MR) is 183 cm³/mol. The second-order valence-corrected chi connectivity index (χ2v) is 17.0. The van der Waals surface area contributed by atoms with E-state index in [1.54, 1.807) is 39.1 Å². The highest BCUT2D eigenvalue weighted by Crippen LogP contribution is 2.44. The molecule has 49 heavy (non-hydrogen) atoms. The molecule has 266 valence electrons. The van der Waals surface area contributed by atoms with Crippen molar-refractivity contribution >= 4 is 56.0 Å². The standard InChI is InChI=1S/C34H44ClN5O8S/c1-18-15-34(18,32(43)39-49(44,45)23-12-13-23)38-29(41)26-14-22(17-40(26)31(42)19(2)37-20(3)48-33(4,5)6)47-30-24-8-7-9-25(35)28(24)27(16-36-30)46-21-10-11-21/h7-9,16,18-19,21-23,26H,10-15,17H2,1-6H3,(H,38,41)(H,39,43). The van der Waals surface area contributed by atoms with Gasteiger partial charge in [-0.25, -0.2) is 18.4 Å². The molecule has 3 saturated carbocycles. The van der Waals surface area contributed by atoms with Gasteiger partial charge >= 0.3 is 0 Å². The molecule has 1 aromatic carbocycles. The highest BCUT2D eigenvalue weighted by molar-refractivity contribution is 7.91. The lowest BCUT2D eigenvalue weighted by molar-refractivity contribution is -0.140. The fourth-order valence-electron chi connectivity index (χ4n) is 6.28. The number of carbonyl (C=O) groups excluding carboxylic acids is 3. The number of hydrogen-bond donors (Lipinski definition) is 2. The molecule has 3 aliphatic carbocycles. The lowest BCUT2D eigenvalue weighted by atomic mass is 10.1. The second-order valence-electron chi connectivity index (χ2n) is 14.7. The molecule has 13 nitrogen and oxygen atoms in total. The van der Waals surface area contributed by atoms with Crippen molar-refractivity contribution < 1.29 is 37.0 Å². The Morgan fingerprint density at radius 1 is 1.12 bits per heavy atom. The summed E-state index contributed by atoms with van der Waals surface area (Å²) in [5, 5.41) is 3.99. The molecule has 15 heteroatoms. The molecule has 0 spiro atoms. The molecule has 2 heterocycles. The van der Waals surface area contributed by atoms with Gasteiger partial charge in [-0.15, -0.1) is 0 Å². The van der Waals surface area contributed by atoms with Crippen LogP contribution in [0.15, 0.2) is 29.4 Å². The number of aromatic nitrogens is 1. The number of benzene rings is 1. The first-order chi connectivity index (χ1) is 23.0. The van der Waals surface area contributed by atoms with Crippen molar-refractivity contribution in [3.05, 3.63) is 29.4 Å². The van der Waals surface area contributed by atoms with E-state index in [9.17, 15) is 22.8 Å². The van der Waals surface area contributed by atoms with Crippen LogP contribution in [0.1, 0.15) is 80.1 Å². The Morgan fingerprint density at radius 3 is 2.43 bits per heavy atom. The number of fused-ring (bicyclic) bond motifs is 1. The van der Waals surface area contributed by atoms with Gasteiger partial charge in [-0.3, -0.25) is 19.1 Å². The summed E-state index contributed by atoms with van der Waals surface area (Å²) < 4.78 is 45.6. The van der Waals surface area contributed by atoms with Crippen molar-refractivity contribution in [3.8, 4) is 11.6 Å². The van der Waals surface area contributed by atoms with E-state index < -0.39 is 62.3 Å². The van der Waals surface area contributed by atoms with Crippen LogP contribution in [0.3, 0.4) is 0 Å². The number of pyridine rings is 1. The second kappa shape index (κ2) is 12.9. The van der Waals surface area contributed by atoms with Gasteiger partial charge < -0.3 is 24.4 Å². The number of aliphatic imine (C=N–C) groups is 1. The Labute approximate surface area is 291 Å². The van der Waals surface area contributed by atoms with E-state index in [1.165, 1.54) is 4.90 Å². The summed E-state index contributed by atoms with van der Waals surface area (Å²) in [6, 6.07) is 3.44. The van der Waals surface area contributed by atoms with Gasteiger partial charge in [0.15, 0.2) is 5.90 Å². The molecule has 5 atom stereocenters. The van der Waals surface area contributed by atoms with Gasteiger partial charge in [-0.1, -0.05) is 24.6 Å². The molecule has 5 unspecified atom stereocenters. The van der Waals surface area contributed by atoms with Crippen molar-refractivity contribution in [3.63, 3.8) is 0 Å². The Balaban J connectivity index is 1.25. The molecule has 1 saturated heterocycles. The number of ether oxygens (including phenoxy) is 3. The number of nitrogens with one attached hydrogen (secondary N) is 2. The summed E-state index contributed by atoms with van der Waals surface area (Å²) in [5.74, 6) is -0.940. The van der Waals surface area contributed by atoms with Gasteiger partial charge in [0.05, 0.1) is 29.1 Å². The number of amides is 3. The maximum Gasteiger partial charge on any atom is 0.259 e. The maximum atomic E-state index is 14.0. The monoisotopic (exact) mass is 717 g/mol. The largest absolute Gasteiger partial charge is 0.488 e. The Kier molecular flexibility index (Phi) is 9.27. The van der Waals surface area contributed by atoms with Crippen LogP contribution in [-0.2, 0) is 29.1 Å². The van der Waals surface area contributed by atoms with E-state index >= 15 is 0 Å². The summed E-state index contributed by atoms with van der Waals surface area (Å²) in [5.41, 5.74) is -1.92. The van der Waals surface area contributed by atoms with E-state index in [4.69, 9.17) is 25.8 Å². The summed E-state index contributed by atoms with van der Waals surface area (Å²) in [7, 11) is -3.83. The summed E-state index contributed by atoms with van der Waals surface area (Å²) in [6.07, 6.45) is 4.29. The fraction of sp³-hybridized carbons (Fsp3) is 0.618. The molecule has 1 aromatic heterocycles. The molecule has 6 rings (SSSR count). The van der Waals surface area contributed by atoms with Gasteiger partial charge in [-0.05, 0) is 77.8 Å². The number of carbonyl (C=O) groups is 3. The third-order valence-electron chi connectivity index (χ3n) is 9.18. The van der Waals surface area contributed by atoms with E-state index in [1.807, 2.05) is 26.8 Å². The molecule has 0 bridgehead atoms. The van der Waals surface area contributed by atoms with Gasteiger partial charge in [0.1, 0.15) is 35.1 Å². The van der Waals surface area contributed by atoms with E-state index in [-0.39, 0.29) is 37.3 Å². The molecule has 1 aliphatic heterocycles. The number of sulfonamides is 1. The quantitative estimate of drug-likeness (QED) is 0.259. The van der Waals surface area contributed by atoms with Crippen molar-refractivity contribution in [2.24, 2.45) is 10.9 Å². The number of likely N-dealkylation sites (tertiary alicyclic amines) is 1. The predicted octanol–water partition coefficient (Wildman–Crippen LogP) is 3.90. The van der Waals surface area contributed by atoms with Crippen LogP contribution in [0.2, 0.25) is 5.02 Å². The van der Waals surface area contributed by atoms with E-state index in [0.717, 1.165) is 12.8 Å². The van der Waals surface area contributed by atoms with Gasteiger partial charge in [0.25, 0.3) is 5.91 Å². The first kappa shape index (κ1) is 35.2. The molecule has 4 aliphatic rings. The fourth-order valence-corrected chi connectivity index (χ4v) is 7.91. The SMILES string of the molecule is CC(=NC(C)C(=O)N1CC(Oc2ncc(OC3CC3)c3c(Cl)cccc23)CC1C(=O)NC1(C(=O)NS(=O)(=O)C2CC2)CC1C)OC(C)(C)C. The molecule has 4 fully saturated rings. The molecule has 3 amide bonds. The van der Waals surface area contributed by atoms with Gasteiger partial charge in [0.2, 0.25) is 27.7 Å². The van der Waals surface area contributed by atoms with Crippen molar-refractivity contribution in [2.45, 2.75) is 121 Å².